The second kappa shape index (κ2) is 9.32. The van der Waals surface area contributed by atoms with E-state index in [0.717, 1.165) is 24.9 Å². The van der Waals surface area contributed by atoms with Gasteiger partial charge < -0.3 is 4.79 Å². The molecule has 0 amide bonds. The van der Waals surface area contributed by atoms with Crippen LogP contribution in [0.3, 0.4) is 0 Å². The van der Waals surface area contributed by atoms with Crippen molar-refractivity contribution in [2.24, 2.45) is 0 Å². The number of hydrogen-bond donors (Lipinski definition) is 0. The first kappa shape index (κ1) is 10.3. The van der Waals surface area contributed by atoms with E-state index in [2.05, 4.69) is 5.25 Å². The van der Waals surface area contributed by atoms with Gasteiger partial charge in [0, 0.05) is 12.2 Å². The molecule has 0 rings (SSSR count). The quantitative estimate of drug-likeness (QED) is 0.262. The van der Waals surface area contributed by atoms with Crippen LogP contribution in [0, 0.1) is 11.7 Å². The maximum Gasteiger partial charge on any atom is 0.123 e. The molecule has 0 aromatic heterocycles. The summed E-state index contributed by atoms with van der Waals surface area (Å²) in [6.45, 7) is 0. The summed E-state index contributed by atoms with van der Waals surface area (Å²) in [4.78, 5) is 9.86. The summed E-state index contributed by atoms with van der Waals surface area (Å²) in [6, 6.07) is 0. The highest BCUT2D eigenvalue weighted by Crippen LogP contribution is 2.02. The summed E-state index contributed by atoms with van der Waals surface area (Å²) in [6.07, 6.45) is 12.5. The van der Waals surface area contributed by atoms with Crippen molar-refractivity contribution in [1.82, 2.24) is 0 Å². The second-order valence-electron chi connectivity index (χ2n) is 1.98. The van der Waals surface area contributed by atoms with E-state index in [1.165, 1.54) is 11.8 Å². The molecule has 0 spiro atoms. The van der Waals surface area contributed by atoms with E-state index in [-0.39, 0.29) is 0 Å². The van der Waals surface area contributed by atoms with Crippen LogP contribution in [0.25, 0.3) is 0 Å². The number of terminal acetylenes is 1. The van der Waals surface area contributed by atoms with Crippen molar-refractivity contribution in [3.63, 3.8) is 0 Å². The summed E-state index contributed by atoms with van der Waals surface area (Å²) in [5, 5.41) is 2.51. The molecule has 60 valence electrons. The average molecular weight is 168 g/mol. The van der Waals surface area contributed by atoms with E-state index in [1.807, 2.05) is 12.2 Å². The van der Waals surface area contributed by atoms with E-state index >= 15 is 0 Å². The summed E-state index contributed by atoms with van der Waals surface area (Å²) >= 11 is 1.50. The summed E-state index contributed by atoms with van der Waals surface area (Å²) in [7, 11) is 0. The normalized spacial score (nSPS) is 9.73. The minimum Gasteiger partial charge on any atom is -0.303 e. The van der Waals surface area contributed by atoms with E-state index in [1.54, 1.807) is 0 Å². The number of hydrogen-bond acceptors (Lipinski definition) is 2. The third-order valence-corrected chi connectivity index (χ3v) is 1.76. The highest BCUT2D eigenvalue weighted by molar-refractivity contribution is 8.03. The van der Waals surface area contributed by atoms with Crippen LogP contribution >= 0.6 is 11.8 Å². The minimum atomic E-state index is 0.530. The highest BCUT2D eigenvalue weighted by atomic mass is 32.2. The van der Waals surface area contributed by atoms with Gasteiger partial charge in [0.15, 0.2) is 0 Å². The van der Waals surface area contributed by atoms with Crippen LogP contribution in [0.15, 0.2) is 12.2 Å². The van der Waals surface area contributed by atoms with Crippen molar-refractivity contribution in [1.29, 1.82) is 0 Å². The van der Waals surface area contributed by atoms with Gasteiger partial charge in [0.1, 0.15) is 6.29 Å². The van der Waals surface area contributed by atoms with Gasteiger partial charge in [-0.2, -0.15) is 0 Å². The predicted molar refractivity (Wildman–Crippen MR) is 50.3 cm³/mol. The number of carbonyl (C=O) groups is 1. The molecule has 0 aromatic rings. The number of unbranched alkanes of at least 4 members (excludes halogenated alkanes) is 1. The van der Waals surface area contributed by atoms with Gasteiger partial charge >= 0.3 is 0 Å². The monoisotopic (exact) mass is 168 g/mol. The molecule has 0 N–H and O–H groups in total. The summed E-state index contributed by atoms with van der Waals surface area (Å²) in [5.41, 5.74) is 0. The average Bonchev–Trinajstić information content (AvgIpc) is 2.03. The Morgan fingerprint density at radius 2 is 2.27 bits per heavy atom. The highest BCUT2D eigenvalue weighted by Gasteiger charge is 1.82. The van der Waals surface area contributed by atoms with Crippen LogP contribution < -0.4 is 0 Å². The lowest BCUT2D eigenvalue weighted by atomic mass is 10.3. The molecule has 0 fully saturated rings. The fourth-order valence-electron chi connectivity index (χ4n) is 0.602. The molecule has 0 bridgehead atoms. The van der Waals surface area contributed by atoms with Crippen molar-refractivity contribution in [3.05, 3.63) is 12.2 Å². The van der Waals surface area contributed by atoms with Gasteiger partial charge in [-0.15, -0.1) is 6.42 Å². The van der Waals surface area contributed by atoms with Crippen LogP contribution in [0.1, 0.15) is 19.3 Å². The van der Waals surface area contributed by atoms with Crippen molar-refractivity contribution < 1.29 is 4.79 Å². The maximum absolute atomic E-state index is 9.86. The van der Waals surface area contributed by atoms with Crippen molar-refractivity contribution >= 4 is 18.0 Å². The Kier molecular flexibility index (Phi) is 8.74. The lowest BCUT2D eigenvalue weighted by Gasteiger charge is -1.89. The van der Waals surface area contributed by atoms with E-state index in [0.29, 0.717) is 6.42 Å². The molecule has 0 unspecified atom stereocenters. The van der Waals surface area contributed by atoms with Gasteiger partial charge in [0.2, 0.25) is 0 Å². The topological polar surface area (TPSA) is 17.1 Å². The Balaban J connectivity index is 3.02. The number of thioether (sulfide) groups is 1. The fraction of sp³-hybridized carbons (Fsp3) is 0.444. The molecule has 2 heteroatoms. The van der Waals surface area contributed by atoms with Crippen LogP contribution in [-0.4, -0.2) is 12.0 Å². The SMILES string of the molecule is C#CSCCC/C=C\CC=O. The van der Waals surface area contributed by atoms with Crippen LogP contribution in [0.5, 0.6) is 0 Å². The Morgan fingerprint density at radius 3 is 2.91 bits per heavy atom. The van der Waals surface area contributed by atoms with Crippen LogP contribution in [0.2, 0.25) is 0 Å². The second-order valence-corrected chi connectivity index (χ2v) is 2.91. The number of aldehydes is 1. The Morgan fingerprint density at radius 1 is 1.45 bits per heavy atom. The van der Waals surface area contributed by atoms with Crippen LogP contribution in [-0.2, 0) is 4.79 Å². The molecule has 0 saturated carbocycles. The van der Waals surface area contributed by atoms with Crippen LogP contribution in [0.4, 0.5) is 0 Å². The standard InChI is InChI=1S/C9H12OS/c1-2-11-9-7-5-3-4-6-8-10/h1,3-4,8H,5-7,9H2/b4-3-. The zero-order valence-electron chi connectivity index (χ0n) is 6.45. The van der Waals surface area contributed by atoms with E-state index < -0.39 is 0 Å². The van der Waals surface area contributed by atoms with Gasteiger partial charge in [-0.3, -0.25) is 0 Å². The Hall–Kier alpha value is -0.680. The first-order valence-electron chi connectivity index (χ1n) is 3.58. The number of carbonyl (C=O) groups excluding carboxylic acids is 1. The molecule has 0 aromatic carbocycles. The Bertz CT molecular complexity index is 155. The van der Waals surface area contributed by atoms with Gasteiger partial charge in [0.05, 0.1) is 0 Å². The zero-order valence-corrected chi connectivity index (χ0v) is 7.27. The first-order chi connectivity index (χ1) is 5.41. The predicted octanol–water partition coefficient (Wildman–Crippen LogP) is 2.24. The molecule has 11 heavy (non-hydrogen) atoms. The van der Waals surface area contributed by atoms with Gasteiger partial charge in [-0.05, 0) is 18.1 Å². The van der Waals surface area contributed by atoms with E-state index in [4.69, 9.17) is 6.42 Å². The van der Waals surface area contributed by atoms with Crippen molar-refractivity contribution in [2.75, 3.05) is 5.75 Å². The maximum atomic E-state index is 9.86. The van der Waals surface area contributed by atoms with Gasteiger partial charge in [-0.25, -0.2) is 0 Å². The third-order valence-electron chi connectivity index (χ3n) is 1.10. The molecular formula is C9H12OS. The van der Waals surface area contributed by atoms with Gasteiger partial charge in [0.25, 0.3) is 0 Å². The first-order valence-corrected chi connectivity index (χ1v) is 4.56. The fourth-order valence-corrected chi connectivity index (χ4v) is 1.03. The molecule has 0 aliphatic rings. The minimum absolute atomic E-state index is 0.530. The molecule has 0 heterocycles. The summed E-state index contributed by atoms with van der Waals surface area (Å²) in [5.74, 6) is 1.00. The molecule has 1 nitrogen and oxygen atoms in total. The largest absolute Gasteiger partial charge is 0.303 e. The molecular weight excluding hydrogens is 156 g/mol. The zero-order chi connectivity index (χ0) is 8.36. The molecule has 0 saturated heterocycles. The molecule has 0 aliphatic heterocycles. The molecule has 0 atom stereocenters. The van der Waals surface area contributed by atoms with E-state index in [9.17, 15) is 4.79 Å². The van der Waals surface area contributed by atoms with Crippen molar-refractivity contribution in [2.45, 2.75) is 19.3 Å². The lowest BCUT2D eigenvalue weighted by Crippen LogP contribution is -1.75. The molecule has 0 aliphatic carbocycles. The van der Waals surface area contributed by atoms with Crippen molar-refractivity contribution in [3.8, 4) is 11.7 Å². The molecule has 0 radical (unpaired) electrons. The number of allylic oxidation sites excluding steroid dienone is 2. The lowest BCUT2D eigenvalue weighted by molar-refractivity contribution is -0.107. The summed E-state index contributed by atoms with van der Waals surface area (Å²) < 4.78 is 0. The third kappa shape index (κ3) is 9.32. The number of rotatable bonds is 6. The van der Waals surface area contributed by atoms with Gasteiger partial charge in [-0.1, -0.05) is 23.9 Å². The Labute approximate surface area is 72.3 Å². The smallest absolute Gasteiger partial charge is 0.123 e.